The van der Waals surface area contributed by atoms with Gasteiger partial charge in [0.15, 0.2) is 0 Å². The van der Waals surface area contributed by atoms with Gasteiger partial charge in [-0.1, -0.05) is 33.3 Å². The second-order valence-electron chi connectivity index (χ2n) is 4.59. The molecule has 3 N–H and O–H groups in total. The molecule has 0 fully saturated rings. The fourth-order valence-electron chi connectivity index (χ4n) is 1.59. The summed E-state index contributed by atoms with van der Waals surface area (Å²) in [4.78, 5) is 0.299. The van der Waals surface area contributed by atoms with Crippen molar-refractivity contribution in [1.29, 1.82) is 0 Å². The van der Waals surface area contributed by atoms with Crippen LogP contribution >= 0.6 is 0 Å². The fraction of sp³-hybridized carbons (Fsp3) is 0.538. The monoisotopic (exact) mass is 270 g/mol. The van der Waals surface area contributed by atoms with Crippen molar-refractivity contribution in [2.45, 2.75) is 38.5 Å². The van der Waals surface area contributed by atoms with Crippen LogP contribution in [0.2, 0.25) is 0 Å². The van der Waals surface area contributed by atoms with Crippen LogP contribution < -0.4 is 10.5 Å². The van der Waals surface area contributed by atoms with Gasteiger partial charge in [-0.3, -0.25) is 0 Å². The lowest BCUT2D eigenvalue weighted by atomic mass is 10.1. The molecular formula is C13H22N2O2S. The fourth-order valence-corrected chi connectivity index (χ4v) is 3.10. The Labute approximate surface area is 110 Å². The number of hydrogen-bond donors (Lipinski definition) is 2. The van der Waals surface area contributed by atoms with Crippen LogP contribution in [-0.4, -0.2) is 15.0 Å². The van der Waals surface area contributed by atoms with Crippen molar-refractivity contribution in [3.05, 3.63) is 23.8 Å². The second kappa shape index (κ2) is 6.20. The summed E-state index contributed by atoms with van der Waals surface area (Å²) < 4.78 is 27.1. The molecule has 102 valence electrons. The average Bonchev–Trinajstić information content (AvgIpc) is 2.36. The number of sulfonamides is 1. The van der Waals surface area contributed by atoms with Gasteiger partial charge in [0.1, 0.15) is 0 Å². The van der Waals surface area contributed by atoms with E-state index in [0.717, 1.165) is 12.0 Å². The van der Waals surface area contributed by atoms with Crippen molar-refractivity contribution in [1.82, 2.24) is 4.72 Å². The molecule has 0 spiro atoms. The highest BCUT2D eigenvalue weighted by atomic mass is 32.2. The Bertz CT molecular complexity index is 498. The number of hydrogen-bond acceptors (Lipinski definition) is 3. The van der Waals surface area contributed by atoms with Crippen molar-refractivity contribution in [3.63, 3.8) is 0 Å². The Kier molecular flexibility index (Phi) is 5.16. The number of nitrogens with two attached hydrogens (primary N) is 1. The minimum absolute atomic E-state index is 0.299. The zero-order chi connectivity index (χ0) is 13.8. The molecule has 0 saturated heterocycles. The van der Waals surface area contributed by atoms with E-state index in [4.69, 9.17) is 5.73 Å². The molecule has 0 aliphatic carbocycles. The Morgan fingerprint density at radius 2 is 2.00 bits per heavy atom. The number of benzene rings is 1. The third kappa shape index (κ3) is 3.71. The van der Waals surface area contributed by atoms with Gasteiger partial charge >= 0.3 is 0 Å². The second-order valence-corrected chi connectivity index (χ2v) is 6.32. The maximum atomic E-state index is 12.2. The van der Waals surface area contributed by atoms with E-state index in [1.54, 1.807) is 12.1 Å². The maximum Gasteiger partial charge on any atom is 0.240 e. The first-order chi connectivity index (χ1) is 8.40. The van der Waals surface area contributed by atoms with Crippen molar-refractivity contribution in [3.8, 4) is 0 Å². The predicted molar refractivity (Wildman–Crippen MR) is 74.9 cm³/mol. The molecule has 0 saturated carbocycles. The van der Waals surface area contributed by atoms with Gasteiger partial charge in [-0.2, -0.15) is 0 Å². The number of nitrogens with one attached hydrogen (secondary N) is 1. The van der Waals surface area contributed by atoms with E-state index >= 15 is 0 Å². The molecule has 0 radical (unpaired) electrons. The molecule has 1 rings (SSSR count). The lowest BCUT2D eigenvalue weighted by molar-refractivity contribution is 0.528. The van der Waals surface area contributed by atoms with E-state index in [1.165, 1.54) is 6.07 Å². The molecule has 0 amide bonds. The average molecular weight is 270 g/mol. The summed E-state index contributed by atoms with van der Waals surface area (Å²) in [6, 6.07) is 5.03. The summed E-state index contributed by atoms with van der Waals surface area (Å²) >= 11 is 0. The smallest absolute Gasteiger partial charge is 0.240 e. The van der Waals surface area contributed by atoms with Crippen LogP contribution in [-0.2, 0) is 16.4 Å². The Balaban J connectivity index is 3.00. The van der Waals surface area contributed by atoms with E-state index in [2.05, 4.69) is 4.72 Å². The lowest BCUT2D eigenvalue weighted by Crippen LogP contribution is -2.29. The van der Waals surface area contributed by atoms with Crippen LogP contribution in [0.15, 0.2) is 23.1 Å². The minimum Gasteiger partial charge on any atom is -0.399 e. The molecule has 1 atom stereocenters. The Hall–Kier alpha value is -1.07. The topological polar surface area (TPSA) is 72.2 Å². The molecule has 0 bridgehead atoms. The van der Waals surface area contributed by atoms with Gasteiger partial charge in [-0.25, -0.2) is 13.1 Å². The van der Waals surface area contributed by atoms with Crippen LogP contribution in [0, 0.1) is 5.92 Å². The summed E-state index contributed by atoms with van der Waals surface area (Å²) in [5, 5.41) is 0. The van der Waals surface area contributed by atoms with Gasteiger partial charge in [0.05, 0.1) is 4.90 Å². The largest absolute Gasteiger partial charge is 0.399 e. The first-order valence-electron chi connectivity index (χ1n) is 6.28. The zero-order valence-electron chi connectivity index (χ0n) is 11.2. The molecule has 5 heteroatoms. The zero-order valence-corrected chi connectivity index (χ0v) is 12.0. The first-order valence-corrected chi connectivity index (χ1v) is 7.77. The van der Waals surface area contributed by atoms with Crippen LogP contribution in [0.25, 0.3) is 0 Å². The summed E-state index contributed by atoms with van der Waals surface area (Å²) in [6.07, 6.45) is 1.61. The highest BCUT2D eigenvalue weighted by Crippen LogP contribution is 2.19. The molecule has 1 aromatic rings. The van der Waals surface area contributed by atoms with Gasteiger partial charge < -0.3 is 5.73 Å². The number of anilines is 1. The quantitative estimate of drug-likeness (QED) is 0.778. The van der Waals surface area contributed by atoms with Crippen LogP contribution in [0.4, 0.5) is 5.69 Å². The Morgan fingerprint density at radius 1 is 1.33 bits per heavy atom. The predicted octanol–water partition coefficient (Wildman–Crippen LogP) is 2.16. The van der Waals surface area contributed by atoms with E-state index in [9.17, 15) is 8.42 Å². The third-order valence-electron chi connectivity index (χ3n) is 3.08. The number of aryl methyl sites for hydroxylation is 1. The van der Waals surface area contributed by atoms with Gasteiger partial charge in [0, 0.05) is 12.2 Å². The molecule has 1 aromatic carbocycles. The van der Waals surface area contributed by atoms with E-state index in [0.29, 0.717) is 29.5 Å². The van der Waals surface area contributed by atoms with E-state index < -0.39 is 10.0 Å². The van der Waals surface area contributed by atoms with Crippen LogP contribution in [0.1, 0.15) is 32.8 Å². The number of rotatable bonds is 6. The molecule has 0 heterocycles. The number of nitrogen functional groups attached to an aromatic ring is 1. The van der Waals surface area contributed by atoms with Crippen LogP contribution in [0.3, 0.4) is 0 Å². The standard InChI is InChI=1S/C13H22N2O2S/c1-4-10(3)9-15-18(16,17)13-8-12(14)7-6-11(13)5-2/h6-8,10,15H,4-5,9,14H2,1-3H3. The first kappa shape index (κ1) is 15.0. The van der Waals surface area contributed by atoms with Crippen molar-refractivity contribution < 1.29 is 8.42 Å². The third-order valence-corrected chi connectivity index (χ3v) is 4.59. The summed E-state index contributed by atoms with van der Waals surface area (Å²) in [7, 11) is -3.46. The minimum atomic E-state index is -3.46. The lowest BCUT2D eigenvalue weighted by Gasteiger charge is -2.13. The summed E-state index contributed by atoms with van der Waals surface area (Å²) in [5.74, 6) is 0.325. The molecule has 1 unspecified atom stereocenters. The highest BCUT2D eigenvalue weighted by Gasteiger charge is 2.18. The molecular weight excluding hydrogens is 248 g/mol. The molecule has 0 aromatic heterocycles. The van der Waals surface area contributed by atoms with E-state index in [1.807, 2.05) is 20.8 Å². The molecule has 0 aliphatic rings. The van der Waals surface area contributed by atoms with Gasteiger partial charge in [-0.15, -0.1) is 0 Å². The van der Waals surface area contributed by atoms with Crippen LogP contribution in [0.5, 0.6) is 0 Å². The molecule has 0 aliphatic heterocycles. The van der Waals surface area contributed by atoms with Gasteiger partial charge in [-0.05, 0) is 30.0 Å². The van der Waals surface area contributed by atoms with Gasteiger partial charge in [0.2, 0.25) is 10.0 Å². The Morgan fingerprint density at radius 3 is 2.56 bits per heavy atom. The summed E-state index contributed by atoms with van der Waals surface area (Å²) in [5.41, 5.74) is 6.93. The molecule has 4 nitrogen and oxygen atoms in total. The van der Waals surface area contributed by atoms with Crippen molar-refractivity contribution in [2.24, 2.45) is 5.92 Å². The highest BCUT2D eigenvalue weighted by molar-refractivity contribution is 7.89. The maximum absolute atomic E-state index is 12.2. The van der Waals surface area contributed by atoms with Crippen molar-refractivity contribution in [2.75, 3.05) is 12.3 Å². The van der Waals surface area contributed by atoms with Crippen molar-refractivity contribution >= 4 is 15.7 Å². The summed E-state index contributed by atoms with van der Waals surface area (Å²) in [6.45, 7) is 6.44. The normalized spacial score (nSPS) is 13.5. The molecule has 18 heavy (non-hydrogen) atoms. The SMILES string of the molecule is CCc1ccc(N)cc1S(=O)(=O)NCC(C)CC. The van der Waals surface area contributed by atoms with E-state index in [-0.39, 0.29) is 0 Å². The van der Waals surface area contributed by atoms with Gasteiger partial charge in [0.25, 0.3) is 0 Å².